The molecule has 1 amide bonds. The lowest BCUT2D eigenvalue weighted by atomic mass is 9.93. The van der Waals surface area contributed by atoms with Gasteiger partial charge >= 0.3 is 12.3 Å². The fourth-order valence-electron chi connectivity index (χ4n) is 4.82. The number of carboxylic acid groups (broad SMARTS) is 1. The van der Waals surface area contributed by atoms with E-state index in [2.05, 4.69) is 14.8 Å². The summed E-state index contributed by atoms with van der Waals surface area (Å²) in [7, 11) is 0. The Kier molecular flexibility index (Phi) is 6.09. The minimum Gasteiger partial charge on any atom is -0.478 e. The van der Waals surface area contributed by atoms with Crippen LogP contribution in [0.4, 0.5) is 14.6 Å². The molecule has 2 heterocycles. The van der Waals surface area contributed by atoms with Gasteiger partial charge in [-0.1, -0.05) is 37.3 Å². The summed E-state index contributed by atoms with van der Waals surface area (Å²) in [4.78, 5) is 29.5. The van der Waals surface area contributed by atoms with Crippen molar-refractivity contribution in [1.82, 2.24) is 4.98 Å². The number of nitrogens with one attached hydrogen (secondary N) is 1. The molecule has 37 heavy (non-hydrogen) atoms. The maximum Gasteiger partial charge on any atom is 0.586 e. The summed E-state index contributed by atoms with van der Waals surface area (Å²) >= 11 is 0. The van der Waals surface area contributed by atoms with Crippen molar-refractivity contribution in [2.45, 2.75) is 57.2 Å². The molecule has 1 atom stereocenters. The molecule has 1 aliphatic heterocycles. The number of halogens is 2. The molecule has 0 saturated heterocycles. The number of anilines is 1. The highest BCUT2D eigenvalue weighted by molar-refractivity contribution is 6.01. The van der Waals surface area contributed by atoms with Crippen LogP contribution in [0.2, 0.25) is 0 Å². The van der Waals surface area contributed by atoms with Crippen LogP contribution < -0.4 is 14.8 Å². The molecular weight excluding hydrogens is 482 g/mol. The van der Waals surface area contributed by atoms with Gasteiger partial charge in [-0.3, -0.25) is 4.79 Å². The number of carbonyl (C=O) groups is 2. The molecule has 0 radical (unpaired) electrons. The number of hydrogen-bond acceptors (Lipinski definition) is 5. The Labute approximate surface area is 212 Å². The number of fused-ring (bicyclic) bond motifs is 1. The first-order chi connectivity index (χ1) is 17.6. The molecule has 9 heteroatoms. The molecule has 1 saturated carbocycles. The molecule has 2 aromatic carbocycles. The summed E-state index contributed by atoms with van der Waals surface area (Å²) in [6, 6.07) is 15.0. The van der Waals surface area contributed by atoms with E-state index in [1.165, 1.54) is 12.1 Å². The molecule has 1 aliphatic carbocycles. The van der Waals surface area contributed by atoms with Crippen LogP contribution in [0.3, 0.4) is 0 Å². The van der Waals surface area contributed by atoms with Crippen LogP contribution in [0.15, 0.2) is 54.6 Å². The summed E-state index contributed by atoms with van der Waals surface area (Å²) in [5.74, 6) is -0.938. The lowest BCUT2D eigenvalue weighted by molar-refractivity contribution is -0.286. The van der Waals surface area contributed by atoms with E-state index >= 15 is 0 Å². The van der Waals surface area contributed by atoms with Gasteiger partial charge in [0.25, 0.3) is 0 Å². The van der Waals surface area contributed by atoms with Crippen LogP contribution in [0.5, 0.6) is 11.5 Å². The van der Waals surface area contributed by atoms with Gasteiger partial charge in [0.05, 0.1) is 11.0 Å². The molecule has 7 nitrogen and oxygen atoms in total. The van der Waals surface area contributed by atoms with Gasteiger partial charge in [0.2, 0.25) is 5.91 Å². The lowest BCUT2D eigenvalue weighted by Crippen LogP contribution is -2.28. The number of carbonyl (C=O) groups excluding carboxylic acids is 1. The molecule has 1 unspecified atom stereocenters. The Hall–Kier alpha value is -4.01. The number of aryl methyl sites for hydroxylation is 2. The van der Waals surface area contributed by atoms with E-state index in [9.17, 15) is 23.5 Å². The highest BCUT2D eigenvalue weighted by atomic mass is 19.3. The van der Waals surface area contributed by atoms with Crippen molar-refractivity contribution >= 4 is 17.7 Å². The van der Waals surface area contributed by atoms with Gasteiger partial charge in [0.1, 0.15) is 5.82 Å². The molecule has 3 aromatic rings. The van der Waals surface area contributed by atoms with Crippen LogP contribution in [0.25, 0.3) is 0 Å². The van der Waals surface area contributed by atoms with Gasteiger partial charge in [-0.25, -0.2) is 9.78 Å². The predicted molar refractivity (Wildman–Crippen MR) is 131 cm³/mol. The third-order valence-electron chi connectivity index (χ3n) is 7.08. The molecule has 5 rings (SSSR count). The molecule has 0 spiro atoms. The molecule has 2 aliphatic rings. The van der Waals surface area contributed by atoms with Crippen molar-refractivity contribution in [3.05, 3.63) is 82.5 Å². The van der Waals surface area contributed by atoms with Crippen LogP contribution in [-0.4, -0.2) is 28.3 Å². The van der Waals surface area contributed by atoms with Crippen molar-refractivity contribution in [2.24, 2.45) is 0 Å². The fourth-order valence-corrected chi connectivity index (χ4v) is 4.82. The van der Waals surface area contributed by atoms with Gasteiger partial charge in [0.15, 0.2) is 11.5 Å². The number of aromatic carboxylic acids is 1. The molecule has 1 aromatic heterocycles. The van der Waals surface area contributed by atoms with Crippen molar-refractivity contribution < 1.29 is 33.0 Å². The Morgan fingerprint density at radius 1 is 1.08 bits per heavy atom. The van der Waals surface area contributed by atoms with E-state index in [-0.39, 0.29) is 23.3 Å². The van der Waals surface area contributed by atoms with E-state index in [1.54, 1.807) is 24.3 Å². The highest BCUT2D eigenvalue weighted by Crippen LogP contribution is 2.52. The van der Waals surface area contributed by atoms with E-state index in [0.717, 1.165) is 16.8 Å². The largest absolute Gasteiger partial charge is 0.586 e. The summed E-state index contributed by atoms with van der Waals surface area (Å²) in [6.07, 6.45) is -1.30. The zero-order valence-corrected chi connectivity index (χ0v) is 20.4. The second-order valence-corrected chi connectivity index (χ2v) is 9.67. The quantitative estimate of drug-likeness (QED) is 0.398. The number of aromatic nitrogens is 1. The number of amides is 1. The third-order valence-corrected chi connectivity index (χ3v) is 7.08. The van der Waals surface area contributed by atoms with Gasteiger partial charge in [-0.05, 0) is 79.5 Å². The topological polar surface area (TPSA) is 97.8 Å². The highest BCUT2D eigenvalue weighted by Gasteiger charge is 2.53. The van der Waals surface area contributed by atoms with Crippen LogP contribution in [-0.2, 0) is 16.6 Å². The zero-order valence-electron chi connectivity index (χ0n) is 20.4. The minimum absolute atomic E-state index is 0.0177. The van der Waals surface area contributed by atoms with Gasteiger partial charge in [-0.2, -0.15) is 0 Å². The average Bonchev–Trinajstić information content (AvgIpc) is 3.61. The second-order valence-electron chi connectivity index (χ2n) is 9.67. The van der Waals surface area contributed by atoms with Gasteiger partial charge in [0, 0.05) is 5.69 Å². The van der Waals surface area contributed by atoms with Gasteiger partial charge in [-0.15, -0.1) is 8.78 Å². The number of hydrogen-bond donors (Lipinski definition) is 2. The van der Waals surface area contributed by atoms with E-state index in [1.807, 2.05) is 32.0 Å². The minimum atomic E-state index is -3.71. The van der Waals surface area contributed by atoms with E-state index in [4.69, 9.17) is 4.98 Å². The lowest BCUT2D eigenvalue weighted by Gasteiger charge is -2.18. The normalized spacial score (nSPS) is 17.2. The Bertz CT molecular complexity index is 1390. The Morgan fingerprint density at radius 2 is 1.81 bits per heavy atom. The monoisotopic (exact) mass is 508 g/mol. The SMILES string of the molecule is Cc1ccc(NC(=O)C2(c3ccc4c(c3)OC(F)(F)O4)CC2)nc1C(C)CCc1ccccc1C(=O)O. The van der Waals surface area contributed by atoms with Crippen molar-refractivity contribution in [3.8, 4) is 11.5 Å². The predicted octanol–water partition coefficient (Wildman–Crippen LogP) is 5.82. The first-order valence-electron chi connectivity index (χ1n) is 12.1. The van der Waals surface area contributed by atoms with Gasteiger partial charge < -0.3 is 19.9 Å². The zero-order chi connectivity index (χ0) is 26.4. The van der Waals surface area contributed by atoms with Crippen LogP contribution in [0.1, 0.15) is 64.8 Å². The van der Waals surface area contributed by atoms with E-state index < -0.39 is 17.7 Å². The number of carboxylic acids is 1. The molecule has 1 fully saturated rings. The summed E-state index contributed by atoms with van der Waals surface area (Å²) in [5, 5.41) is 12.3. The first-order valence-corrected chi connectivity index (χ1v) is 12.1. The van der Waals surface area contributed by atoms with E-state index in [0.29, 0.717) is 42.6 Å². The number of benzene rings is 2. The summed E-state index contributed by atoms with van der Waals surface area (Å²) in [6.45, 7) is 3.97. The maximum absolute atomic E-state index is 13.4. The van der Waals surface area contributed by atoms with Crippen LogP contribution >= 0.6 is 0 Å². The molecular formula is C28H26F2N2O5. The maximum atomic E-state index is 13.4. The smallest absolute Gasteiger partial charge is 0.478 e. The number of rotatable bonds is 8. The second kappa shape index (κ2) is 9.14. The van der Waals surface area contributed by atoms with Crippen molar-refractivity contribution in [2.75, 3.05) is 5.32 Å². The summed E-state index contributed by atoms with van der Waals surface area (Å²) < 4.78 is 35.8. The Morgan fingerprint density at radius 3 is 2.54 bits per heavy atom. The van der Waals surface area contributed by atoms with Crippen molar-refractivity contribution in [3.63, 3.8) is 0 Å². The third kappa shape index (κ3) is 4.85. The van der Waals surface area contributed by atoms with Crippen LogP contribution in [0, 0.1) is 6.92 Å². The molecule has 192 valence electrons. The molecule has 2 N–H and O–H groups in total. The summed E-state index contributed by atoms with van der Waals surface area (Å²) in [5.41, 5.74) is 2.59. The first kappa shape index (κ1) is 24.7. The number of ether oxygens (including phenoxy) is 2. The number of alkyl halides is 2. The fraction of sp³-hybridized carbons (Fsp3) is 0.321. The number of nitrogens with zero attached hydrogens (tertiary/aromatic N) is 1. The standard InChI is InChI=1S/C28H26F2N2O5/c1-16(7-9-18-5-3-4-6-20(18)25(33)34)24-17(2)8-12-23(31-24)32-26(35)27(13-14-27)19-10-11-21-22(15-19)37-28(29,30)36-21/h3-6,8,10-12,15-16H,7,9,13-14H2,1-2H3,(H,33,34)(H,31,32,35). The molecule has 0 bridgehead atoms. The Balaban J connectivity index is 1.29. The van der Waals surface area contributed by atoms with Crippen molar-refractivity contribution in [1.29, 1.82) is 0 Å². The average molecular weight is 509 g/mol. The number of pyridine rings is 1.